The summed E-state index contributed by atoms with van der Waals surface area (Å²) >= 11 is 8.51. The summed E-state index contributed by atoms with van der Waals surface area (Å²) in [5, 5.41) is 11.4. The van der Waals surface area contributed by atoms with Crippen molar-refractivity contribution in [3.63, 3.8) is 0 Å². The number of thiazole rings is 2. The van der Waals surface area contributed by atoms with Gasteiger partial charge in [0.15, 0.2) is 10.3 Å². The number of benzene rings is 2. The number of amides is 3. The number of nitrogens with one attached hydrogen (secondary N) is 3. The molecular formula is C20H16ClN5O2S2. The van der Waals surface area contributed by atoms with Crippen molar-refractivity contribution in [1.29, 1.82) is 0 Å². The van der Waals surface area contributed by atoms with E-state index in [9.17, 15) is 9.59 Å². The standard InChI is InChI=1S/C20H16ClN5O2S2/c1-11-3-2-4-15-17(11)25-20(30-15)24-16(27)9-14-10-29-19(23-14)26-18(28)22-13-7-5-12(21)6-8-13/h2-8,10H,9H2,1H3,(H,24,25,27)(H2,22,23,26,28). The number of halogens is 1. The van der Waals surface area contributed by atoms with Crippen LogP contribution < -0.4 is 16.0 Å². The third kappa shape index (κ3) is 4.93. The van der Waals surface area contributed by atoms with Gasteiger partial charge in [-0.05, 0) is 42.8 Å². The second-order valence-corrected chi connectivity index (χ2v) is 8.72. The molecule has 3 N–H and O–H groups in total. The van der Waals surface area contributed by atoms with Gasteiger partial charge in [-0.2, -0.15) is 0 Å². The summed E-state index contributed by atoms with van der Waals surface area (Å²) in [5.41, 5.74) is 3.14. The Morgan fingerprint density at radius 3 is 2.57 bits per heavy atom. The maximum absolute atomic E-state index is 12.4. The zero-order valence-corrected chi connectivity index (χ0v) is 18.1. The Morgan fingerprint density at radius 2 is 1.80 bits per heavy atom. The van der Waals surface area contributed by atoms with Gasteiger partial charge in [0.05, 0.1) is 22.3 Å². The van der Waals surface area contributed by atoms with Crippen molar-refractivity contribution in [2.75, 3.05) is 16.0 Å². The van der Waals surface area contributed by atoms with E-state index in [1.165, 1.54) is 22.7 Å². The number of fused-ring (bicyclic) bond motifs is 1. The van der Waals surface area contributed by atoms with Gasteiger partial charge in [0, 0.05) is 16.1 Å². The first-order valence-electron chi connectivity index (χ1n) is 8.90. The first kappa shape index (κ1) is 20.3. The van der Waals surface area contributed by atoms with Crippen molar-refractivity contribution in [3.8, 4) is 0 Å². The van der Waals surface area contributed by atoms with Crippen molar-refractivity contribution in [2.45, 2.75) is 13.3 Å². The lowest BCUT2D eigenvalue weighted by Crippen LogP contribution is -2.19. The van der Waals surface area contributed by atoms with E-state index in [0.717, 1.165) is 15.8 Å². The fraction of sp³-hybridized carbons (Fsp3) is 0.100. The first-order chi connectivity index (χ1) is 14.5. The number of para-hydroxylation sites is 1. The summed E-state index contributed by atoms with van der Waals surface area (Å²) in [7, 11) is 0. The Bertz CT molecular complexity index is 1220. The minimum atomic E-state index is -0.424. The van der Waals surface area contributed by atoms with Crippen LogP contribution in [-0.4, -0.2) is 21.9 Å². The highest BCUT2D eigenvalue weighted by atomic mass is 35.5. The molecule has 4 aromatic rings. The normalized spacial score (nSPS) is 10.7. The van der Waals surface area contributed by atoms with Crippen molar-refractivity contribution < 1.29 is 9.59 Å². The lowest BCUT2D eigenvalue weighted by molar-refractivity contribution is -0.115. The number of anilines is 3. The van der Waals surface area contributed by atoms with Gasteiger partial charge < -0.3 is 10.6 Å². The van der Waals surface area contributed by atoms with E-state index in [1.807, 2.05) is 25.1 Å². The van der Waals surface area contributed by atoms with Crippen LogP contribution >= 0.6 is 34.3 Å². The van der Waals surface area contributed by atoms with E-state index in [-0.39, 0.29) is 12.3 Å². The molecule has 2 heterocycles. The molecule has 0 spiro atoms. The summed E-state index contributed by atoms with van der Waals surface area (Å²) in [6.45, 7) is 1.99. The van der Waals surface area contributed by atoms with E-state index in [2.05, 4.69) is 25.9 Å². The van der Waals surface area contributed by atoms with Crippen LogP contribution in [0.2, 0.25) is 5.02 Å². The fourth-order valence-corrected chi connectivity index (χ4v) is 4.50. The van der Waals surface area contributed by atoms with Gasteiger partial charge in [0.25, 0.3) is 0 Å². The summed E-state index contributed by atoms with van der Waals surface area (Å²) in [6, 6.07) is 12.3. The number of hydrogen-bond donors (Lipinski definition) is 3. The minimum absolute atomic E-state index is 0.0892. The molecule has 4 rings (SSSR count). The van der Waals surface area contributed by atoms with E-state index in [1.54, 1.807) is 29.6 Å². The Balaban J connectivity index is 1.33. The number of aryl methyl sites for hydroxylation is 1. The average molecular weight is 458 g/mol. The molecule has 0 bridgehead atoms. The molecular weight excluding hydrogens is 442 g/mol. The van der Waals surface area contributed by atoms with Crippen LogP contribution in [0.4, 0.5) is 20.7 Å². The topological polar surface area (TPSA) is 96.0 Å². The predicted molar refractivity (Wildman–Crippen MR) is 123 cm³/mol. The zero-order valence-electron chi connectivity index (χ0n) is 15.7. The lowest BCUT2D eigenvalue weighted by atomic mass is 10.2. The van der Waals surface area contributed by atoms with Gasteiger partial charge in [-0.15, -0.1) is 11.3 Å². The Labute approximate surface area is 185 Å². The van der Waals surface area contributed by atoms with Crippen molar-refractivity contribution in [3.05, 3.63) is 64.1 Å². The van der Waals surface area contributed by atoms with E-state index < -0.39 is 6.03 Å². The van der Waals surface area contributed by atoms with Gasteiger partial charge in [0.1, 0.15) is 0 Å². The number of urea groups is 1. The molecule has 0 saturated heterocycles. The lowest BCUT2D eigenvalue weighted by Gasteiger charge is -2.05. The van der Waals surface area contributed by atoms with E-state index in [4.69, 9.17) is 11.6 Å². The highest BCUT2D eigenvalue weighted by molar-refractivity contribution is 7.22. The van der Waals surface area contributed by atoms with Crippen LogP contribution in [0.3, 0.4) is 0 Å². The highest BCUT2D eigenvalue weighted by Crippen LogP contribution is 2.28. The monoisotopic (exact) mass is 457 g/mol. The van der Waals surface area contributed by atoms with Crippen LogP contribution in [0, 0.1) is 6.92 Å². The summed E-state index contributed by atoms with van der Waals surface area (Å²) in [5.74, 6) is -0.214. The fourth-order valence-electron chi connectivity index (χ4n) is 2.71. The summed E-state index contributed by atoms with van der Waals surface area (Å²) in [6.07, 6.45) is 0.0892. The molecule has 10 heteroatoms. The minimum Gasteiger partial charge on any atom is -0.308 e. The number of rotatable bonds is 5. The quantitative estimate of drug-likeness (QED) is 0.366. The van der Waals surface area contributed by atoms with Gasteiger partial charge >= 0.3 is 6.03 Å². The molecule has 3 amide bonds. The van der Waals surface area contributed by atoms with Crippen LogP contribution in [-0.2, 0) is 11.2 Å². The SMILES string of the molecule is Cc1cccc2sc(NC(=O)Cc3csc(NC(=O)Nc4ccc(Cl)cc4)n3)nc12. The largest absolute Gasteiger partial charge is 0.325 e. The first-order valence-corrected chi connectivity index (χ1v) is 11.0. The molecule has 0 radical (unpaired) electrons. The molecule has 0 aliphatic carbocycles. The molecule has 0 aliphatic rings. The van der Waals surface area contributed by atoms with Gasteiger partial charge in [-0.3, -0.25) is 10.1 Å². The number of aromatic nitrogens is 2. The van der Waals surface area contributed by atoms with E-state index in [0.29, 0.717) is 26.7 Å². The van der Waals surface area contributed by atoms with Crippen LogP contribution in [0.5, 0.6) is 0 Å². The van der Waals surface area contributed by atoms with Crippen LogP contribution in [0.1, 0.15) is 11.3 Å². The number of carbonyl (C=O) groups is 2. The second-order valence-electron chi connectivity index (χ2n) is 6.40. The molecule has 7 nitrogen and oxygen atoms in total. The molecule has 0 unspecified atom stereocenters. The van der Waals surface area contributed by atoms with Crippen molar-refractivity contribution >= 4 is 72.4 Å². The molecule has 2 aromatic carbocycles. The Morgan fingerprint density at radius 1 is 1.00 bits per heavy atom. The van der Waals surface area contributed by atoms with Gasteiger partial charge in [-0.1, -0.05) is 35.1 Å². The third-order valence-electron chi connectivity index (χ3n) is 4.08. The second kappa shape index (κ2) is 8.78. The highest BCUT2D eigenvalue weighted by Gasteiger charge is 2.13. The maximum Gasteiger partial charge on any atom is 0.325 e. The molecule has 0 aliphatic heterocycles. The molecule has 0 saturated carbocycles. The van der Waals surface area contributed by atoms with Gasteiger partial charge in [-0.25, -0.2) is 14.8 Å². The molecule has 152 valence electrons. The summed E-state index contributed by atoms with van der Waals surface area (Å²) in [4.78, 5) is 33.2. The smallest absolute Gasteiger partial charge is 0.308 e. The zero-order chi connectivity index (χ0) is 21.1. The Hall–Kier alpha value is -3.01. The summed E-state index contributed by atoms with van der Waals surface area (Å²) < 4.78 is 1.03. The average Bonchev–Trinajstić information content (AvgIpc) is 3.30. The predicted octanol–water partition coefficient (Wildman–Crippen LogP) is 5.54. The third-order valence-corrected chi connectivity index (χ3v) is 6.08. The molecule has 0 fully saturated rings. The number of nitrogens with zero attached hydrogens (tertiary/aromatic N) is 2. The number of carbonyl (C=O) groups excluding carboxylic acids is 2. The van der Waals surface area contributed by atoms with E-state index >= 15 is 0 Å². The molecule has 30 heavy (non-hydrogen) atoms. The van der Waals surface area contributed by atoms with Crippen LogP contribution in [0.25, 0.3) is 10.2 Å². The molecule has 2 aromatic heterocycles. The van der Waals surface area contributed by atoms with Crippen molar-refractivity contribution in [1.82, 2.24) is 9.97 Å². The maximum atomic E-state index is 12.4. The molecule has 0 atom stereocenters. The number of hydrogen-bond acceptors (Lipinski definition) is 6. The van der Waals surface area contributed by atoms with Crippen molar-refractivity contribution in [2.24, 2.45) is 0 Å². The van der Waals surface area contributed by atoms with Crippen LogP contribution in [0.15, 0.2) is 47.8 Å². The van der Waals surface area contributed by atoms with Gasteiger partial charge in [0.2, 0.25) is 5.91 Å². The Kier molecular flexibility index (Phi) is 5.93.